The standard InChI is InChI=1S/C34H76N6O13/c35-1-7-41-13-19-47-25-33(26-48-20-14-42-8-2-36,27-49-21-15-43-9-3-37)31-53-32-34(28-50-22-16-44-10-4-38,29-51-23-17-45-11-5-39)30-52-24-18-46-12-6-40/h1-32,35-40H2. The van der Waals surface area contributed by atoms with Crippen LogP contribution < -0.4 is 34.4 Å². The zero-order chi connectivity index (χ0) is 38.8. The Balaban J connectivity index is 6.01. The Labute approximate surface area is 317 Å². The van der Waals surface area contributed by atoms with E-state index in [1.807, 2.05) is 0 Å². The van der Waals surface area contributed by atoms with Crippen LogP contribution in [0.4, 0.5) is 0 Å². The number of hydrogen-bond acceptors (Lipinski definition) is 19. The van der Waals surface area contributed by atoms with E-state index in [4.69, 9.17) is 96.0 Å². The Hall–Kier alpha value is -0.760. The Morgan fingerprint density at radius 2 is 0.340 bits per heavy atom. The van der Waals surface area contributed by atoms with Crippen LogP contribution in [0.1, 0.15) is 0 Å². The van der Waals surface area contributed by atoms with Crippen LogP contribution >= 0.6 is 0 Å². The Morgan fingerprint density at radius 3 is 0.509 bits per heavy atom. The minimum Gasteiger partial charge on any atom is -0.380 e. The van der Waals surface area contributed by atoms with Crippen LogP contribution in [-0.2, 0) is 61.6 Å². The first-order valence-electron chi connectivity index (χ1n) is 18.8. The van der Waals surface area contributed by atoms with E-state index in [0.717, 1.165) is 0 Å². The lowest BCUT2D eigenvalue weighted by Crippen LogP contribution is -2.46. The molecule has 0 radical (unpaired) electrons. The third-order valence-corrected chi connectivity index (χ3v) is 7.07. The molecule has 320 valence electrons. The van der Waals surface area contributed by atoms with Crippen molar-refractivity contribution in [1.29, 1.82) is 0 Å². The molecule has 0 atom stereocenters. The maximum atomic E-state index is 6.57. The van der Waals surface area contributed by atoms with Gasteiger partial charge in [0, 0.05) is 39.3 Å². The molecule has 0 aromatic heterocycles. The van der Waals surface area contributed by atoms with Crippen molar-refractivity contribution < 1.29 is 61.6 Å². The summed E-state index contributed by atoms with van der Waals surface area (Å²) in [6.45, 7) is 11.7. The van der Waals surface area contributed by atoms with E-state index in [0.29, 0.717) is 158 Å². The lowest BCUT2D eigenvalue weighted by atomic mass is 9.90. The molecule has 0 fully saturated rings. The van der Waals surface area contributed by atoms with Gasteiger partial charge in [0.2, 0.25) is 0 Å². The Morgan fingerprint density at radius 1 is 0.189 bits per heavy atom. The minimum absolute atomic E-state index is 0.213. The van der Waals surface area contributed by atoms with Crippen molar-refractivity contribution in [3.05, 3.63) is 0 Å². The first-order valence-corrected chi connectivity index (χ1v) is 18.8. The van der Waals surface area contributed by atoms with Crippen molar-refractivity contribution in [2.24, 2.45) is 45.2 Å². The summed E-state index contributed by atoms with van der Waals surface area (Å²) in [4.78, 5) is 0. The van der Waals surface area contributed by atoms with Gasteiger partial charge in [0.25, 0.3) is 0 Å². The average molecular weight is 777 g/mol. The maximum absolute atomic E-state index is 6.57. The highest BCUT2D eigenvalue weighted by molar-refractivity contribution is 4.83. The Kier molecular flexibility index (Phi) is 40.3. The summed E-state index contributed by atoms with van der Waals surface area (Å²) in [6, 6.07) is 0. The van der Waals surface area contributed by atoms with E-state index in [-0.39, 0.29) is 52.9 Å². The van der Waals surface area contributed by atoms with Crippen molar-refractivity contribution >= 4 is 0 Å². The summed E-state index contributed by atoms with van der Waals surface area (Å²) in [7, 11) is 0. The molecule has 0 amide bonds. The molecule has 0 bridgehead atoms. The predicted molar refractivity (Wildman–Crippen MR) is 200 cm³/mol. The SMILES string of the molecule is NCCOCCOCC(COCCOCCN)(COCCOCCN)COCC(COCCOCCN)(COCCOCCN)COCCOCCN. The fraction of sp³-hybridized carbons (Fsp3) is 1.00. The second-order valence-corrected chi connectivity index (χ2v) is 12.2. The molecule has 0 unspecified atom stereocenters. The molecule has 0 aliphatic carbocycles. The predicted octanol–water partition coefficient (Wildman–Crippen LogP) is -3.07. The van der Waals surface area contributed by atoms with Gasteiger partial charge < -0.3 is 96.0 Å². The molecular weight excluding hydrogens is 700 g/mol. The third kappa shape index (κ3) is 33.1. The van der Waals surface area contributed by atoms with Crippen molar-refractivity contribution in [3.8, 4) is 0 Å². The van der Waals surface area contributed by atoms with Crippen molar-refractivity contribution in [2.75, 3.05) is 211 Å². The van der Waals surface area contributed by atoms with Crippen molar-refractivity contribution in [3.63, 3.8) is 0 Å². The van der Waals surface area contributed by atoms with Gasteiger partial charge >= 0.3 is 0 Å². The summed E-state index contributed by atoms with van der Waals surface area (Å²) in [5.74, 6) is 0. The van der Waals surface area contributed by atoms with Gasteiger partial charge in [-0.1, -0.05) is 0 Å². The van der Waals surface area contributed by atoms with Crippen LogP contribution in [0.15, 0.2) is 0 Å². The largest absolute Gasteiger partial charge is 0.380 e. The van der Waals surface area contributed by atoms with Crippen LogP contribution in [-0.4, -0.2) is 211 Å². The van der Waals surface area contributed by atoms with E-state index in [2.05, 4.69) is 0 Å². The molecule has 0 aromatic rings. The molecule has 0 saturated carbocycles. The normalized spacial score (nSPS) is 12.3. The van der Waals surface area contributed by atoms with Crippen LogP contribution in [0.2, 0.25) is 0 Å². The quantitative estimate of drug-likeness (QED) is 0.0335. The second kappa shape index (κ2) is 40.9. The van der Waals surface area contributed by atoms with E-state index in [9.17, 15) is 0 Å². The molecule has 0 aliphatic rings. The molecule has 0 aromatic carbocycles. The maximum Gasteiger partial charge on any atom is 0.0701 e. The van der Waals surface area contributed by atoms with E-state index >= 15 is 0 Å². The molecule has 19 heteroatoms. The molecule has 0 aliphatic heterocycles. The lowest BCUT2D eigenvalue weighted by Gasteiger charge is -2.37. The number of hydrogen-bond donors (Lipinski definition) is 6. The fourth-order valence-corrected chi connectivity index (χ4v) is 4.54. The molecule has 0 saturated heterocycles. The number of nitrogens with two attached hydrogens (primary N) is 6. The first-order chi connectivity index (χ1) is 26.1. The van der Waals surface area contributed by atoms with Crippen LogP contribution in [0, 0.1) is 10.8 Å². The van der Waals surface area contributed by atoms with E-state index in [1.165, 1.54) is 0 Å². The van der Waals surface area contributed by atoms with Crippen LogP contribution in [0.3, 0.4) is 0 Å². The van der Waals surface area contributed by atoms with Gasteiger partial charge in [-0.3, -0.25) is 0 Å². The summed E-state index contributed by atoms with van der Waals surface area (Å²) in [5, 5.41) is 0. The highest BCUT2D eigenvalue weighted by Crippen LogP contribution is 2.25. The topological polar surface area (TPSA) is 276 Å². The molecule has 0 heterocycles. The molecule has 0 spiro atoms. The summed E-state index contributed by atoms with van der Waals surface area (Å²) < 4.78 is 76.3. The molecular formula is C34H76N6O13. The van der Waals surface area contributed by atoms with Crippen molar-refractivity contribution in [1.82, 2.24) is 0 Å². The molecule has 19 nitrogen and oxygen atoms in total. The van der Waals surface area contributed by atoms with Gasteiger partial charge in [-0.15, -0.1) is 0 Å². The summed E-state index contributed by atoms with van der Waals surface area (Å²) in [6.07, 6.45) is 0. The molecule has 0 rings (SSSR count). The zero-order valence-corrected chi connectivity index (χ0v) is 32.4. The second-order valence-electron chi connectivity index (χ2n) is 12.2. The van der Waals surface area contributed by atoms with Gasteiger partial charge in [-0.25, -0.2) is 0 Å². The smallest absolute Gasteiger partial charge is 0.0701 e. The van der Waals surface area contributed by atoms with E-state index < -0.39 is 10.8 Å². The third-order valence-electron chi connectivity index (χ3n) is 7.07. The van der Waals surface area contributed by atoms with Crippen LogP contribution in [0.25, 0.3) is 0 Å². The van der Waals surface area contributed by atoms with E-state index in [1.54, 1.807) is 0 Å². The van der Waals surface area contributed by atoms with Gasteiger partial charge in [0.15, 0.2) is 0 Å². The van der Waals surface area contributed by atoms with Gasteiger partial charge in [0.05, 0.1) is 183 Å². The monoisotopic (exact) mass is 777 g/mol. The minimum atomic E-state index is -0.716. The average Bonchev–Trinajstić information content (AvgIpc) is 3.16. The molecule has 12 N–H and O–H groups in total. The van der Waals surface area contributed by atoms with Gasteiger partial charge in [0.1, 0.15) is 0 Å². The first kappa shape index (κ1) is 52.2. The van der Waals surface area contributed by atoms with Crippen molar-refractivity contribution in [2.45, 2.75) is 0 Å². The highest BCUT2D eigenvalue weighted by Gasteiger charge is 2.37. The zero-order valence-electron chi connectivity index (χ0n) is 32.4. The van der Waals surface area contributed by atoms with Crippen LogP contribution in [0.5, 0.6) is 0 Å². The lowest BCUT2D eigenvalue weighted by molar-refractivity contribution is -0.150. The number of rotatable bonds is 46. The Bertz CT molecular complexity index is 590. The highest BCUT2D eigenvalue weighted by atomic mass is 16.6. The van der Waals surface area contributed by atoms with Gasteiger partial charge in [-0.2, -0.15) is 0 Å². The summed E-state index contributed by atoms with van der Waals surface area (Å²) >= 11 is 0. The fourth-order valence-electron chi connectivity index (χ4n) is 4.54. The number of ether oxygens (including phenoxy) is 13. The summed E-state index contributed by atoms with van der Waals surface area (Å²) in [5.41, 5.74) is 31.9. The van der Waals surface area contributed by atoms with Gasteiger partial charge in [-0.05, 0) is 0 Å². The molecule has 53 heavy (non-hydrogen) atoms.